The number of H-pyrrole nitrogens is 1. The number of hydroxylamine groups is 1. The molecule has 1 aliphatic rings. The molecule has 3 N–H and O–H groups in total. The Morgan fingerprint density at radius 2 is 2.15 bits per heavy atom. The van der Waals surface area contributed by atoms with E-state index >= 15 is 0 Å². The minimum atomic E-state index is -0.689. The third kappa shape index (κ3) is 3.51. The van der Waals surface area contributed by atoms with Crippen LogP contribution in [0.1, 0.15) is 38.4 Å². The SMILES string of the molecule is CONC(=O)N1CCC(C(C)(C)C(O)c2cc(Cl)cc3[nH]ncc23)CC1. The van der Waals surface area contributed by atoms with E-state index in [1.807, 2.05) is 6.07 Å². The van der Waals surface area contributed by atoms with E-state index in [0.717, 1.165) is 29.3 Å². The minimum Gasteiger partial charge on any atom is -0.388 e. The number of halogens is 1. The highest BCUT2D eigenvalue weighted by molar-refractivity contribution is 6.31. The van der Waals surface area contributed by atoms with Crippen LogP contribution in [0, 0.1) is 11.3 Å². The summed E-state index contributed by atoms with van der Waals surface area (Å²) in [6.07, 6.45) is 2.66. The quantitative estimate of drug-likeness (QED) is 0.710. The van der Waals surface area contributed by atoms with E-state index in [1.54, 1.807) is 17.2 Å². The van der Waals surface area contributed by atoms with Crippen LogP contribution in [-0.4, -0.2) is 46.4 Å². The van der Waals surface area contributed by atoms with Gasteiger partial charge >= 0.3 is 6.03 Å². The fourth-order valence-electron chi connectivity index (χ4n) is 3.87. The van der Waals surface area contributed by atoms with Gasteiger partial charge in [0.05, 0.1) is 24.9 Å². The van der Waals surface area contributed by atoms with E-state index in [2.05, 4.69) is 34.4 Å². The smallest absolute Gasteiger partial charge is 0.341 e. The van der Waals surface area contributed by atoms with Crippen molar-refractivity contribution in [2.75, 3.05) is 20.2 Å². The summed E-state index contributed by atoms with van der Waals surface area (Å²) in [5, 5.41) is 19.6. The molecule has 1 atom stereocenters. The number of fused-ring (bicyclic) bond motifs is 1. The maximum absolute atomic E-state index is 11.9. The molecule has 0 spiro atoms. The van der Waals surface area contributed by atoms with E-state index in [1.165, 1.54) is 7.11 Å². The second-order valence-electron chi connectivity index (χ2n) is 7.42. The first kappa shape index (κ1) is 18.9. The first-order chi connectivity index (χ1) is 12.3. The number of likely N-dealkylation sites (tertiary alicyclic amines) is 1. The Morgan fingerprint density at radius 3 is 2.81 bits per heavy atom. The van der Waals surface area contributed by atoms with Crippen LogP contribution in [0.3, 0.4) is 0 Å². The number of aromatic nitrogens is 2. The summed E-state index contributed by atoms with van der Waals surface area (Å²) in [5.41, 5.74) is 3.57. The summed E-state index contributed by atoms with van der Waals surface area (Å²) < 4.78 is 0. The average molecular weight is 381 g/mol. The standard InChI is InChI=1S/C18H25ClN4O3/c1-18(2,11-4-6-23(7-5-11)17(25)22-26-3)16(24)13-8-12(19)9-15-14(13)10-20-21-15/h8-11,16,24H,4-7H2,1-3H3,(H,20,21)(H,22,25). The maximum atomic E-state index is 11.9. The number of aliphatic hydroxyl groups is 1. The Hall–Kier alpha value is -1.83. The van der Waals surface area contributed by atoms with Crippen LogP contribution in [-0.2, 0) is 4.84 Å². The number of carbonyl (C=O) groups is 1. The van der Waals surface area contributed by atoms with Crippen molar-refractivity contribution < 1.29 is 14.7 Å². The monoisotopic (exact) mass is 380 g/mol. The van der Waals surface area contributed by atoms with Gasteiger partial charge in [-0.25, -0.2) is 10.3 Å². The second-order valence-corrected chi connectivity index (χ2v) is 7.86. The Kier molecular flexibility index (Phi) is 5.41. The third-order valence-corrected chi connectivity index (χ3v) is 5.80. The molecule has 142 valence electrons. The van der Waals surface area contributed by atoms with Crippen molar-refractivity contribution in [3.63, 3.8) is 0 Å². The van der Waals surface area contributed by atoms with Crippen LogP contribution in [0.4, 0.5) is 4.79 Å². The van der Waals surface area contributed by atoms with Gasteiger partial charge in [0.2, 0.25) is 0 Å². The number of aliphatic hydroxyl groups excluding tert-OH is 1. The van der Waals surface area contributed by atoms with Crippen molar-refractivity contribution in [3.05, 3.63) is 28.9 Å². The highest BCUT2D eigenvalue weighted by Gasteiger charge is 2.40. The van der Waals surface area contributed by atoms with Gasteiger partial charge in [0.15, 0.2) is 0 Å². The number of hydrogen-bond acceptors (Lipinski definition) is 4. The lowest BCUT2D eigenvalue weighted by Crippen LogP contribution is -2.47. The molecule has 1 saturated heterocycles. The highest BCUT2D eigenvalue weighted by Crippen LogP contribution is 2.46. The van der Waals surface area contributed by atoms with Crippen molar-refractivity contribution in [3.8, 4) is 0 Å². The van der Waals surface area contributed by atoms with Crippen molar-refractivity contribution in [1.82, 2.24) is 20.6 Å². The summed E-state index contributed by atoms with van der Waals surface area (Å²) in [4.78, 5) is 18.3. The summed E-state index contributed by atoms with van der Waals surface area (Å²) in [6, 6.07) is 3.40. The number of rotatable bonds is 4. The van der Waals surface area contributed by atoms with E-state index in [4.69, 9.17) is 11.6 Å². The first-order valence-electron chi connectivity index (χ1n) is 8.73. The van der Waals surface area contributed by atoms with Gasteiger partial charge in [-0.15, -0.1) is 0 Å². The predicted octanol–water partition coefficient (Wildman–Crippen LogP) is 3.26. The van der Waals surface area contributed by atoms with Gasteiger partial charge in [0.25, 0.3) is 0 Å². The Morgan fingerprint density at radius 1 is 1.46 bits per heavy atom. The lowest BCUT2D eigenvalue weighted by Gasteiger charge is -2.43. The lowest BCUT2D eigenvalue weighted by molar-refractivity contribution is -0.0164. The molecule has 3 rings (SSSR count). The zero-order valence-corrected chi connectivity index (χ0v) is 16.0. The lowest BCUT2D eigenvalue weighted by atomic mass is 9.68. The number of piperidine rings is 1. The Labute approximate surface area is 157 Å². The number of amides is 2. The molecule has 1 aromatic carbocycles. The summed E-state index contributed by atoms with van der Waals surface area (Å²) >= 11 is 6.22. The molecule has 0 radical (unpaired) electrons. The van der Waals surface area contributed by atoms with E-state index < -0.39 is 6.10 Å². The number of nitrogens with one attached hydrogen (secondary N) is 2. The molecule has 0 bridgehead atoms. The largest absolute Gasteiger partial charge is 0.388 e. The molecule has 26 heavy (non-hydrogen) atoms. The molecular weight excluding hydrogens is 356 g/mol. The second kappa shape index (κ2) is 7.42. The topological polar surface area (TPSA) is 90.5 Å². The number of benzene rings is 1. The molecule has 1 unspecified atom stereocenters. The van der Waals surface area contributed by atoms with Crippen LogP contribution in [0.2, 0.25) is 5.02 Å². The summed E-state index contributed by atoms with van der Waals surface area (Å²) in [5.74, 6) is 0.269. The predicted molar refractivity (Wildman–Crippen MR) is 99.7 cm³/mol. The van der Waals surface area contributed by atoms with Gasteiger partial charge in [-0.2, -0.15) is 5.10 Å². The molecule has 0 saturated carbocycles. The summed E-state index contributed by atoms with van der Waals surface area (Å²) in [7, 11) is 1.42. The zero-order chi connectivity index (χ0) is 18.9. The normalized spacial score (nSPS) is 17.5. The Bertz CT molecular complexity index is 784. The van der Waals surface area contributed by atoms with Crippen molar-refractivity contribution in [2.24, 2.45) is 11.3 Å². The van der Waals surface area contributed by atoms with Crippen LogP contribution in [0.5, 0.6) is 0 Å². The van der Waals surface area contributed by atoms with Crippen molar-refractivity contribution in [1.29, 1.82) is 0 Å². The van der Waals surface area contributed by atoms with Crippen LogP contribution in [0.15, 0.2) is 18.3 Å². The van der Waals surface area contributed by atoms with Crippen LogP contribution >= 0.6 is 11.6 Å². The molecule has 1 aromatic heterocycles. The molecule has 1 aliphatic heterocycles. The van der Waals surface area contributed by atoms with E-state index in [0.29, 0.717) is 18.1 Å². The molecule has 2 heterocycles. The average Bonchev–Trinajstić information content (AvgIpc) is 3.09. The van der Waals surface area contributed by atoms with Gasteiger partial charge in [0.1, 0.15) is 0 Å². The molecule has 1 fully saturated rings. The number of urea groups is 1. The number of nitrogens with zero attached hydrogens (tertiary/aromatic N) is 2. The van der Waals surface area contributed by atoms with E-state index in [9.17, 15) is 9.90 Å². The fourth-order valence-corrected chi connectivity index (χ4v) is 4.10. The van der Waals surface area contributed by atoms with Crippen molar-refractivity contribution in [2.45, 2.75) is 32.8 Å². The third-order valence-electron chi connectivity index (χ3n) is 5.58. The number of hydrogen-bond donors (Lipinski definition) is 3. The van der Waals surface area contributed by atoms with Gasteiger partial charge in [0, 0.05) is 23.5 Å². The highest BCUT2D eigenvalue weighted by atomic mass is 35.5. The van der Waals surface area contributed by atoms with Crippen LogP contribution in [0.25, 0.3) is 10.9 Å². The van der Waals surface area contributed by atoms with Gasteiger partial charge < -0.3 is 10.0 Å². The summed E-state index contributed by atoms with van der Waals surface area (Å²) in [6.45, 7) is 5.40. The number of carbonyl (C=O) groups excluding carboxylic acids is 1. The maximum Gasteiger partial charge on any atom is 0.341 e. The van der Waals surface area contributed by atoms with Gasteiger partial charge in [-0.1, -0.05) is 25.4 Å². The first-order valence-corrected chi connectivity index (χ1v) is 9.11. The molecule has 8 heteroatoms. The molecule has 0 aliphatic carbocycles. The van der Waals surface area contributed by atoms with Crippen LogP contribution < -0.4 is 5.48 Å². The van der Waals surface area contributed by atoms with Crippen molar-refractivity contribution >= 4 is 28.5 Å². The zero-order valence-electron chi connectivity index (χ0n) is 15.3. The molecule has 2 amide bonds. The minimum absolute atomic E-state index is 0.223. The number of aromatic amines is 1. The molecule has 7 nitrogen and oxygen atoms in total. The fraction of sp³-hybridized carbons (Fsp3) is 0.556. The molecular formula is C18H25ClN4O3. The molecule has 2 aromatic rings. The van der Waals surface area contributed by atoms with Gasteiger partial charge in [-0.3, -0.25) is 9.94 Å². The van der Waals surface area contributed by atoms with E-state index in [-0.39, 0.29) is 17.4 Å². The van der Waals surface area contributed by atoms with Gasteiger partial charge in [-0.05, 0) is 41.9 Å². The Balaban J connectivity index is 1.77.